The highest BCUT2D eigenvalue weighted by Gasteiger charge is 2.78. The number of carbonyl (C=O) groups excluding carboxylic acids is 4. The summed E-state index contributed by atoms with van der Waals surface area (Å²) in [6, 6.07) is 10.4. The Labute approximate surface area is 335 Å². The zero-order valence-electron chi connectivity index (χ0n) is 33.1. The third kappa shape index (κ3) is 6.83. The number of piperazine rings is 1. The van der Waals surface area contributed by atoms with E-state index >= 15 is 0 Å². The number of H-pyrrole nitrogens is 2. The molecular formula is C42H50F2N10O4. The van der Waals surface area contributed by atoms with E-state index < -0.39 is 35.1 Å². The number of halogens is 2. The van der Waals surface area contributed by atoms with Gasteiger partial charge in [-0.1, -0.05) is 13.0 Å². The molecule has 3 aromatic heterocycles. The van der Waals surface area contributed by atoms with Gasteiger partial charge in [-0.15, -0.1) is 0 Å². The van der Waals surface area contributed by atoms with E-state index in [1.807, 2.05) is 44.3 Å². The average molecular weight is 797 g/mol. The van der Waals surface area contributed by atoms with E-state index in [9.17, 15) is 28.0 Å². The van der Waals surface area contributed by atoms with Crippen molar-refractivity contribution < 1.29 is 28.0 Å². The molecule has 1 unspecified atom stereocenters. The van der Waals surface area contributed by atoms with Crippen LogP contribution < -0.4 is 20.4 Å². The molecule has 3 saturated heterocycles. The molecular weight excluding hydrogens is 747 g/mol. The summed E-state index contributed by atoms with van der Waals surface area (Å²) in [6.45, 7) is 9.90. The summed E-state index contributed by atoms with van der Waals surface area (Å²) in [5.74, 6) is -3.96. The van der Waals surface area contributed by atoms with Gasteiger partial charge < -0.3 is 25.0 Å². The van der Waals surface area contributed by atoms with Gasteiger partial charge in [-0.2, -0.15) is 5.10 Å². The van der Waals surface area contributed by atoms with Crippen LogP contribution in [0.25, 0.3) is 22.3 Å². The van der Waals surface area contributed by atoms with Crippen LogP contribution in [-0.4, -0.2) is 124 Å². The molecule has 5 aliphatic rings. The van der Waals surface area contributed by atoms with Crippen LogP contribution in [0.2, 0.25) is 0 Å². The number of nitrogens with one attached hydrogen (secondary N) is 4. The molecule has 16 heteroatoms. The molecule has 14 nitrogen and oxygen atoms in total. The first-order valence-corrected chi connectivity index (χ1v) is 20.5. The fourth-order valence-electron chi connectivity index (χ4n) is 9.69. The molecule has 2 aliphatic carbocycles. The first-order valence-electron chi connectivity index (χ1n) is 20.5. The molecule has 4 amide bonds. The second-order valence-corrected chi connectivity index (χ2v) is 17.2. The SMILES string of the molecule is C[C@@H](C(=O)N(C)c1ccc2cc(-c3n[nH]c4c3C[C@@H]3C(F)(F)[C@]3(C)C4)[nH]c2c1)N1CCN(CC2CCN(c3ccc(C(=O)NC4CCC(=O)NC4=O)nc3)CC2)CC1. The van der Waals surface area contributed by atoms with Gasteiger partial charge in [0.1, 0.15) is 17.4 Å². The number of carbonyl (C=O) groups is 4. The molecule has 1 saturated carbocycles. The van der Waals surface area contributed by atoms with Gasteiger partial charge in [-0.3, -0.25) is 34.5 Å². The number of likely N-dealkylation sites (N-methyl/N-ethyl adjacent to an activating group) is 1. The largest absolute Gasteiger partial charge is 0.370 e. The molecule has 4 aromatic rings. The lowest BCUT2D eigenvalue weighted by molar-refractivity contribution is -0.134. The number of piperidine rings is 2. The molecule has 4 N–H and O–H groups in total. The van der Waals surface area contributed by atoms with E-state index in [4.69, 9.17) is 0 Å². The van der Waals surface area contributed by atoms with Crippen molar-refractivity contribution in [3.05, 3.63) is 59.5 Å². The van der Waals surface area contributed by atoms with E-state index in [0.717, 1.165) is 97.9 Å². The molecule has 0 bridgehead atoms. The minimum atomic E-state index is -2.65. The van der Waals surface area contributed by atoms with E-state index in [0.29, 0.717) is 24.5 Å². The molecule has 0 radical (unpaired) electrons. The number of benzene rings is 1. The van der Waals surface area contributed by atoms with Gasteiger partial charge in [-0.05, 0) is 68.9 Å². The van der Waals surface area contributed by atoms with Crippen molar-refractivity contribution in [3.8, 4) is 11.4 Å². The maximum absolute atomic E-state index is 14.5. The maximum Gasteiger partial charge on any atom is 0.270 e. The van der Waals surface area contributed by atoms with Gasteiger partial charge in [0.25, 0.3) is 11.8 Å². The van der Waals surface area contributed by atoms with Crippen molar-refractivity contribution >= 4 is 45.9 Å². The Morgan fingerprint density at radius 2 is 1.81 bits per heavy atom. The highest BCUT2D eigenvalue weighted by Crippen LogP contribution is 2.70. The summed E-state index contributed by atoms with van der Waals surface area (Å²) in [4.78, 5) is 66.4. The van der Waals surface area contributed by atoms with Crippen molar-refractivity contribution in [1.29, 1.82) is 0 Å². The van der Waals surface area contributed by atoms with E-state index in [-0.39, 0.29) is 36.4 Å². The Balaban J connectivity index is 0.734. The number of anilines is 2. The number of hydrogen-bond acceptors (Lipinski definition) is 9. The van der Waals surface area contributed by atoms with Crippen LogP contribution in [0.3, 0.4) is 0 Å². The van der Waals surface area contributed by atoms with Gasteiger partial charge in [0.15, 0.2) is 0 Å². The minimum absolute atomic E-state index is 0.0270. The van der Waals surface area contributed by atoms with Crippen LogP contribution in [0.4, 0.5) is 20.2 Å². The van der Waals surface area contributed by atoms with Crippen LogP contribution in [-0.2, 0) is 27.2 Å². The second kappa shape index (κ2) is 14.6. The number of nitrogens with zero attached hydrogens (tertiary/aromatic N) is 6. The normalized spacial score (nSPS) is 25.5. The van der Waals surface area contributed by atoms with Crippen LogP contribution in [0.1, 0.15) is 61.3 Å². The van der Waals surface area contributed by atoms with Crippen molar-refractivity contribution in [1.82, 2.24) is 40.6 Å². The van der Waals surface area contributed by atoms with Crippen molar-refractivity contribution in [2.45, 2.75) is 70.4 Å². The third-order valence-electron chi connectivity index (χ3n) is 13.7. The number of aromatic amines is 2. The number of rotatable bonds is 9. The van der Waals surface area contributed by atoms with E-state index in [2.05, 4.69) is 45.5 Å². The first kappa shape index (κ1) is 38.3. The summed E-state index contributed by atoms with van der Waals surface area (Å²) in [7, 11) is 1.81. The van der Waals surface area contributed by atoms with Crippen LogP contribution >= 0.6 is 0 Å². The Kier molecular flexibility index (Phi) is 9.61. The molecule has 3 aliphatic heterocycles. The lowest BCUT2D eigenvalue weighted by atomic mass is 9.87. The van der Waals surface area contributed by atoms with Gasteiger partial charge in [0, 0.05) is 105 Å². The monoisotopic (exact) mass is 796 g/mol. The van der Waals surface area contributed by atoms with Crippen LogP contribution in [0.5, 0.6) is 0 Å². The Bertz CT molecular complexity index is 2260. The van der Waals surface area contributed by atoms with Gasteiger partial charge in [-0.25, -0.2) is 13.8 Å². The third-order valence-corrected chi connectivity index (χ3v) is 13.7. The molecule has 4 fully saturated rings. The zero-order chi connectivity index (χ0) is 40.5. The van der Waals surface area contributed by atoms with Gasteiger partial charge in [0.2, 0.25) is 17.7 Å². The smallest absolute Gasteiger partial charge is 0.270 e. The number of pyridine rings is 1. The standard InChI is InChI=1S/C42H50F2N10O4/c1-24(40(58)51(3)27-5-4-26-18-33(46-32(26)19-27)37-29-20-35-41(2,42(35,43)44)21-34(29)49-50-37)53-16-14-52(15-17-53)23-25-10-12-54(13-11-25)28-6-7-30(45-22-28)38(56)47-31-8-9-36(55)48-39(31)57/h4-7,18-19,22,24-25,31,35,46H,8-17,20-21,23H2,1-3H3,(H,47,56)(H,49,50)(H,48,55,57)/t24-,31?,35-,41+/m0/s1. The first-order chi connectivity index (χ1) is 27.8. The molecule has 6 heterocycles. The molecule has 9 rings (SSSR count). The molecule has 58 heavy (non-hydrogen) atoms. The van der Waals surface area contributed by atoms with Crippen LogP contribution in [0, 0.1) is 17.3 Å². The number of alkyl halides is 2. The summed E-state index contributed by atoms with van der Waals surface area (Å²) in [5, 5.41) is 13.4. The number of hydrogen-bond donors (Lipinski definition) is 4. The number of fused-ring (bicyclic) bond motifs is 3. The summed E-state index contributed by atoms with van der Waals surface area (Å²) in [5.41, 5.74) is 4.99. The van der Waals surface area contributed by atoms with E-state index in [1.165, 1.54) is 0 Å². The lowest BCUT2D eigenvalue weighted by Gasteiger charge is -2.41. The summed E-state index contributed by atoms with van der Waals surface area (Å²) >= 11 is 0. The Morgan fingerprint density at radius 1 is 1.03 bits per heavy atom. The summed E-state index contributed by atoms with van der Waals surface area (Å²) in [6.07, 6.45) is 4.89. The van der Waals surface area contributed by atoms with Gasteiger partial charge in [0.05, 0.1) is 23.6 Å². The molecule has 1 aromatic carbocycles. The predicted molar refractivity (Wildman–Crippen MR) is 214 cm³/mol. The molecule has 4 atom stereocenters. The predicted octanol–water partition coefficient (Wildman–Crippen LogP) is 3.74. The topological polar surface area (TPSA) is 163 Å². The lowest BCUT2D eigenvalue weighted by Crippen LogP contribution is -2.55. The maximum atomic E-state index is 14.5. The van der Waals surface area contributed by atoms with Crippen LogP contribution in [0.15, 0.2) is 42.6 Å². The van der Waals surface area contributed by atoms with Crippen molar-refractivity contribution in [2.24, 2.45) is 17.3 Å². The van der Waals surface area contributed by atoms with Crippen molar-refractivity contribution in [2.75, 3.05) is 62.7 Å². The van der Waals surface area contributed by atoms with Crippen molar-refractivity contribution in [3.63, 3.8) is 0 Å². The quantitative estimate of drug-likeness (QED) is 0.185. The molecule has 306 valence electrons. The number of aromatic nitrogens is 4. The highest BCUT2D eigenvalue weighted by molar-refractivity contribution is 6.03. The number of imide groups is 1. The fraction of sp³-hybridized carbons (Fsp3) is 0.524. The average Bonchev–Trinajstić information content (AvgIpc) is 3.61. The summed E-state index contributed by atoms with van der Waals surface area (Å²) < 4.78 is 29.1. The Hall–Kier alpha value is -5.22. The second-order valence-electron chi connectivity index (χ2n) is 17.2. The van der Waals surface area contributed by atoms with E-state index in [1.54, 1.807) is 24.1 Å². The van der Waals surface area contributed by atoms with Gasteiger partial charge >= 0.3 is 0 Å². The zero-order valence-corrected chi connectivity index (χ0v) is 33.1. The minimum Gasteiger partial charge on any atom is -0.370 e. The Morgan fingerprint density at radius 3 is 2.53 bits per heavy atom. The fourth-order valence-corrected chi connectivity index (χ4v) is 9.69. The highest BCUT2D eigenvalue weighted by atomic mass is 19.3. The number of amides is 4. The molecule has 0 spiro atoms.